The van der Waals surface area contributed by atoms with E-state index in [0.29, 0.717) is 11.3 Å². The van der Waals surface area contributed by atoms with Crippen molar-refractivity contribution < 1.29 is 9.18 Å². The zero-order valence-corrected chi connectivity index (χ0v) is 17.1. The zero-order valence-electron chi connectivity index (χ0n) is 17.1. The number of anilines is 2. The van der Waals surface area contributed by atoms with Crippen molar-refractivity contribution in [1.82, 2.24) is 0 Å². The van der Waals surface area contributed by atoms with Gasteiger partial charge in [-0.1, -0.05) is 25.8 Å². The topological polar surface area (TPSA) is 44.7 Å². The zero-order chi connectivity index (χ0) is 20.4. The van der Waals surface area contributed by atoms with Crippen molar-refractivity contribution >= 4 is 29.2 Å². The predicted molar refractivity (Wildman–Crippen MR) is 117 cm³/mol. The fourth-order valence-electron chi connectivity index (χ4n) is 4.55. The molecule has 1 N–H and O–H groups in total. The lowest BCUT2D eigenvalue weighted by Gasteiger charge is -2.34. The van der Waals surface area contributed by atoms with Crippen LogP contribution in [0.2, 0.25) is 0 Å². The Morgan fingerprint density at radius 1 is 1.24 bits per heavy atom. The van der Waals surface area contributed by atoms with Crippen molar-refractivity contribution in [3.63, 3.8) is 0 Å². The summed E-state index contributed by atoms with van der Waals surface area (Å²) < 4.78 is 14.2. The van der Waals surface area contributed by atoms with E-state index in [1.165, 1.54) is 43.0 Å². The lowest BCUT2D eigenvalue weighted by atomic mass is 9.92. The molecule has 29 heavy (non-hydrogen) atoms. The van der Waals surface area contributed by atoms with E-state index >= 15 is 0 Å². The first-order valence-electron chi connectivity index (χ1n) is 10.6. The molecule has 1 saturated heterocycles. The fraction of sp³-hybridized carbons (Fsp3) is 0.417. The lowest BCUT2D eigenvalue weighted by molar-refractivity contribution is -0.115. The molecule has 4 nitrogen and oxygen atoms in total. The molecule has 2 heterocycles. The predicted octanol–water partition coefficient (Wildman–Crippen LogP) is 5.59. The number of fused-ring (bicyclic) bond motifs is 1. The van der Waals surface area contributed by atoms with Gasteiger partial charge in [-0.3, -0.25) is 9.79 Å². The van der Waals surface area contributed by atoms with Gasteiger partial charge < -0.3 is 10.2 Å². The van der Waals surface area contributed by atoms with Crippen LogP contribution >= 0.6 is 0 Å². The molecule has 0 radical (unpaired) electrons. The first kappa shape index (κ1) is 19.6. The molecular formula is C24H28FN3O. The Kier molecular flexibility index (Phi) is 5.65. The molecule has 0 spiro atoms. The number of hydrogen-bond donors (Lipinski definition) is 1. The summed E-state index contributed by atoms with van der Waals surface area (Å²) >= 11 is 0. The minimum absolute atomic E-state index is 0.239. The van der Waals surface area contributed by atoms with Gasteiger partial charge in [0, 0.05) is 36.2 Å². The molecule has 2 aromatic rings. The van der Waals surface area contributed by atoms with E-state index < -0.39 is 5.92 Å². The lowest BCUT2D eigenvalue weighted by Crippen LogP contribution is -2.34. The fourth-order valence-corrected chi connectivity index (χ4v) is 4.55. The van der Waals surface area contributed by atoms with Gasteiger partial charge in [0.1, 0.15) is 11.7 Å². The summed E-state index contributed by atoms with van der Waals surface area (Å²) in [5.41, 5.74) is 4.13. The third kappa shape index (κ3) is 4.04. The standard InChI is InChI=1S/C24H28FN3O/c1-3-5-17-10-12-28(13-11-17)22-9-8-18(14-16(22)2)26-15-19-23-20(25)6-4-7-21(23)27-24(19)29/h4,6-9,14-15,17,19H,3,5,10-13H2,1-2H3,(H,27,29). The van der Waals surface area contributed by atoms with Crippen LogP contribution in [0.3, 0.4) is 0 Å². The van der Waals surface area contributed by atoms with E-state index in [4.69, 9.17) is 0 Å². The number of nitrogens with zero attached hydrogens (tertiary/aromatic N) is 2. The number of amides is 1. The van der Waals surface area contributed by atoms with Crippen molar-refractivity contribution in [2.75, 3.05) is 23.3 Å². The number of carbonyl (C=O) groups excluding carboxylic acids is 1. The Hall–Kier alpha value is -2.69. The third-order valence-corrected chi connectivity index (χ3v) is 6.11. The normalized spacial score (nSPS) is 19.6. The number of halogens is 1. The minimum Gasteiger partial charge on any atom is -0.371 e. The second-order valence-corrected chi connectivity index (χ2v) is 8.14. The maximum Gasteiger partial charge on any atom is 0.237 e. The number of carbonyl (C=O) groups is 1. The highest BCUT2D eigenvalue weighted by Crippen LogP contribution is 2.34. The molecule has 2 aliphatic rings. The Labute approximate surface area is 171 Å². The molecule has 0 aromatic heterocycles. The van der Waals surface area contributed by atoms with Crippen LogP contribution in [0.15, 0.2) is 41.4 Å². The highest BCUT2D eigenvalue weighted by atomic mass is 19.1. The van der Waals surface area contributed by atoms with E-state index in [0.717, 1.165) is 24.7 Å². The summed E-state index contributed by atoms with van der Waals surface area (Å²) in [6, 6.07) is 10.8. The van der Waals surface area contributed by atoms with Gasteiger partial charge in [0.15, 0.2) is 0 Å². The van der Waals surface area contributed by atoms with E-state index in [2.05, 4.69) is 35.1 Å². The molecule has 2 aromatic carbocycles. The van der Waals surface area contributed by atoms with Crippen LogP contribution in [-0.4, -0.2) is 25.2 Å². The van der Waals surface area contributed by atoms with Crippen LogP contribution < -0.4 is 10.2 Å². The van der Waals surface area contributed by atoms with Gasteiger partial charge in [0.2, 0.25) is 5.91 Å². The molecule has 0 saturated carbocycles. The SMILES string of the molecule is CCCC1CCN(c2ccc(N=CC3C(=O)Nc4cccc(F)c43)cc2C)CC1. The Morgan fingerprint density at radius 3 is 2.76 bits per heavy atom. The minimum atomic E-state index is -0.691. The van der Waals surface area contributed by atoms with E-state index in [9.17, 15) is 9.18 Å². The van der Waals surface area contributed by atoms with Crippen LogP contribution in [-0.2, 0) is 4.79 Å². The van der Waals surface area contributed by atoms with Crippen molar-refractivity contribution in [2.24, 2.45) is 10.9 Å². The van der Waals surface area contributed by atoms with Crippen LogP contribution in [0.4, 0.5) is 21.5 Å². The maximum atomic E-state index is 14.2. The van der Waals surface area contributed by atoms with Gasteiger partial charge in [0.05, 0.1) is 5.69 Å². The summed E-state index contributed by atoms with van der Waals surface area (Å²) in [5.74, 6) is -0.447. The van der Waals surface area contributed by atoms with Crippen molar-refractivity contribution in [3.05, 3.63) is 53.3 Å². The molecule has 1 atom stereocenters. The summed E-state index contributed by atoms with van der Waals surface area (Å²) in [6.07, 6.45) is 6.67. The van der Waals surface area contributed by atoms with E-state index in [1.54, 1.807) is 18.3 Å². The van der Waals surface area contributed by atoms with E-state index in [-0.39, 0.29) is 11.7 Å². The summed E-state index contributed by atoms with van der Waals surface area (Å²) in [6.45, 7) is 6.57. The Morgan fingerprint density at radius 2 is 2.03 bits per heavy atom. The molecule has 1 unspecified atom stereocenters. The molecule has 1 amide bonds. The molecule has 2 aliphatic heterocycles. The highest BCUT2D eigenvalue weighted by Gasteiger charge is 2.31. The largest absolute Gasteiger partial charge is 0.371 e. The maximum absolute atomic E-state index is 14.2. The number of piperidine rings is 1. The number of aryl methyl sites for hydroxylation is 1. The average molecular weight is 394 g/mol. The monoisotopic (exact) mass is 393 g/mol. The number of nitrogens with one attached hydrogen (secondary N) is 1. The van der Waals surface area contributed by atoms with Crippen LogP contribution in [0.25, 0.3) is 0 Å². The van der Waals surface area contributed by atoms with Crippen molar-refractivity contribution in [2.45, 2.75) is 45.4 Å². The number of hydrogen-bond acceptors (Lipinski definition) is 3. The third-order valence-electron chi connectivity index (χ3n) is 6.11. The first-order chi connectivity index (χ1) is 14.1. The van der Waals surface area contributed by atoms with Crippen LogP contribution in [0.1, 0.15) is 49.7 Å². The van der Waals surface area contributed by atoms with Crippen LogP contribution in [0, 0.1) is 18.7 Å². The molecule has 0 bridgehead atoms. The van der Waals surface area contributed by atoms with Gasteiger partial charge >= 0.3 is 0 Å². The first-order valence-corrected chi connectivity index (χ1v) is 10.6. The summed E-state index contributed by atoms with van der Waals surface area (Å²) in [4.78, 5) is 19.2. The van der Waals surface area contributed by atoms with Gasteiger partial charge in [0.25, 0.3) is 0 Å². The number of aliphatic imine (C=N–C) groups is 1. The molecule has 4 rings (SSSR count). The van der Waals surface area contributed by atoms with Gasteiger partial charge in [-0.15, -0.1) is 0 Å². The van der Waals surface area contributed by atoms with Crippen molar-refractivity contribution in [3.8, 4) is 0 Å². The highest BCUT2D eigenvalue weighted by molar-refractivity contribution is 6.12. The average Bonchev–Trinajstić information content (AvgIpc) is 3.04. The van der Waals surface area contributed by atoms with Gasteiger partial charge in [-0.05, 0) is 61.6 Å². The van der Waals surface area contributed by atoms with Crippen molar-refractivity contribution in [1.29, 1.82) is 0 Å². The second kappa shape index (κ2) is 8.36. The van der Waals surface area contributed by atoms with Gasteiger partial charge in [-0.2, -0.15) is 0 Å². The molecular weight excluding hydrogens is 365 g/mol. The summed E-state index contributed by atoms with van der Waals surface area (Å²) in [5, 5.41) is 2.72. The van der Waals surface area contributed by atoms with Gasteiger partial charge in [-0.25, -0.2) is 4.39 Å². The summed E-state index contributed by atoms with van der Waals surface area (Å²) in [7, 11) is 0. The Balaban J connectivity index is 1.48. The molecule has 5 heteroatoms. The second-order valence-electron chi connectivity index (χ2n) is 8.14. The van der Waals surface area contributed by atoms with Crippen LogP contribution in [0.5, 0.6) is 0 Å². The Bertz CT molecular complexity index is 932. The van der Waals surface area contributed by atoms with E-state index in [1.807, 2.05) is 12.1 Å². The number of benzene rings is 2. The molecule has 1 fully saturated rings. The molecule has 152 valence electrons. The number of rotatable bonds is 5. The molecule has 0 aliphatic carbocycles. The smallest absolute Gasteiger partial charge is 0.237 e. The quantitative estimate of drug-likeness (QED) is 0.673.